The van der Waals surface area contributed by atoms with Crippen LogP contribution in [0.3, 0.4) is 0 Å². The second-order valence-electron chi connectivity index (χ2n) is 4.36. The van der Waals surface area contributed by atoms with Gasteiger partial charge in [-0.15, -0.1) is 6.42 Å². The van der Waals surface area contributed by atoms with Gasteiger partial charge in [-0.1, -0.05) is 12.0 Å². The molecule has 0 spiro atoms. The van der Waals surface area contributed by atoms with Gasteiger partial charge < -0.3 is 14.9 Å². The Labute approximate surface area is 118 Å². The third kappa shape index (κ3) is 4.61. The molecule has 2 amide bonds. The highest BCUT2D eigenvalue weighted by atomic mass is 16.4. The van der Waals surface area contributed by atoms with Crippen LogP contribution in [0, 0.1) is 19.3 Å². The van der Waals surface area contributed by atoms with Gasteiger partial charge in [-0.3, -0.25) is 9.78 Å². The number of aliphatic carboxylic acids is 1. The van der Waals surface area contributed by atoms with Gasteiger partial charge in [0.1, 0.15) is 6.54 Å². The number of hydrogen-bond donors (Lipinski definition) is 1. The number of nitrogens with zero attached hydrogens (tertiary/aromatic N) is 3. The fraction of sp³-hybridized carbons (Fsp3) is 0.357. The topological polar surface area (TPSA) is 73.7 Å². The van der Waals surface area contributed by atoms with E-state index in [-0.39, 0.29) is 6.54 Å². The minimum atomic E-state index is -1.10. The Kier molecular flexibility index (Phi) is 5.54. The molecule has 0 radical (unpaired) electrons. The van der Waals surface area contributed by atoms with Crippen LogP contribution in [0.5, 0.6) is 0 Å². The maximum absolute atomic E-state index is 12.1. The third-order valence-electron chi connectivity index (χ3n) is 2.55. The molecule has 0 bridgehead atoms. The van der Waals surface area contributed by atoms with Gasteiger partial charge in [-0.25, -0.2) is 4.79 Å². The number of carboxylic acids is 1. The molecule has 0 unspecified atom stereocenters. The number of urea groups is 1. The van der Waals surface area contributed by atoms with Crippen molar-refractivity contribution in [1.82, 2.24) is 14.8 Å². The summed E-state index contributed by atoms with van der Waals surface area (Å²) < 4.78 is 0. The molecule has 106 valence electrons. The maximum atomic E-state index is 12.1. The summed E-state index contributed by atoms with van der Waals surface area (Å²) in [6, 6.07) is 5.08. The van der Waals surface area contributed by atoms with Crippen LogP contribution in [0.25, 0.3) is 0 Å². The Morgan fingerprint density at radius 1 is 1.45 bits per heavy atom. The molecule has 1 heterocycles. The monoisotopic (exact) mass is 275 g/mol. The zero-order valence-electron chi connectivity index (χ0n) is 11.5. The number of carbonyl (C=O) groups excluding carboxylic acids is 1. The van der Waals surface area contributed by atoms with Crippen molar-refractivity contribution in [2.45, 2.75) is 13.5 Å². The molecule has 0 fully saturated rings. The average Bonchev–Trinajstić information content (AvgIpc) is 2.36. The molecule has 6 nitrogen and oxygen atoms in total. The van der Waals surface area contributed by atoms with Crippen LogP contribution < -0.4 is 0 Å². The van der Waals surface area contributed by atoms with Crippen LogP contribution in [0.1, 0.15) is 11.4 Å². The standard InChI is InChI=1S/C14H17N3O3/c1-4-8-17(10-13(18)19)14(20)16(3)9-12-7-5-6-11(2)15-12/h1,5-7H,8-10H2,2-3H3,(H,18,19). The number of carbonyl (C=O) groups is 2. The second-order valence-corrected chi connectivity index (χ2v) is 4.36. The van der Waals surface area contributed by atoms with Gasteiger partial charge in [0, 0.05) is 12.7 Å². The van der Waals surface area contributed by atoms with E-state index >= 15 is 0 Å². The van der Waals surface area contributed by atoms with Gasteiger partial charge in [-0.2, -0.15) is 0 Å². The highest BCUT2D eigenvalue weighted by molar-refractivity contribution is 5.80. The molecule has 0 atom stereocenters. The SMILES string of the molecule is C#CCN(CC(=O)O)C(=O)N(C)Cc1cccc(C)n1. The molecule has 1 aromatic heterocycles. The highest BCUT2D eigenvalue weighted by Gasteiger charge is 2.20. The highest BCUT2D eigenvalue weighted by Crippen LogP contribution is 2.05. The third-order valence-corrected chi connectivity index (χ3v) is 2.55. The average molecular weight is 275 g/mol. The van der Waals surface area contributed by atoms with Crippen molar-refractivity contribution in [3.63, 3.8) is 0 Å². The molecular formula is C14H17N3O3. The van der Waals surface area contributed by atoms with Crippen molar-refractivity contribution in [3.05, 3.63) is 29.6 Å². The lowest BCUT2D eigenvalue weighted by Crippen LogP contribution is -2.43. The van der Waals surface area contributed by atoms with Crippen molar-refractivity contribution < 1.29 is 14.7 Å². The van der Waals surface area contributed by atoms with Crippen LogP contribution in [0.4, 0.5) is 4.79 Å². The Morgan fingerprint density at radius 2 is 2.15 bits per heavy atom. The molecule has 0 aliphatic heterocycles. The molecule has 0 aromatic carbocycles. The van der Waals surface area contributed by atoms with Crippen LogP contribution in [-0.2, 0) is 11.3 Å². The van der Waals surface area contributed by atoms with Gasteiger partial charge in [0.2, 0.25) is 0 Å². The molecule has 1 N–H and O–H groups in total. The molecule has 0 saturated heterocycles. The van der Waals surface area contributed by atoms with Crippen molar-refractivity contribution in [2.24, 2.45) is 0 Å². The van der Waals surface area contributed by atoms with E-state index in [0.717, 1.165) is 16.3 Å². The quantitative estimate of drug-likeness (QED) is 0.812. The van der Waals surface area contributed by atoms with Crippen LogP contribution in [0.15, 0.2) is 18.2 Å². The van der Waals surface area contributed by atoms with Gasteiger partial charge in [0.15, 0.2) is 0 Å². The number of terminal acetylenes is 1. The predicted molar refractivity (Wildman–Crippen MR) is 73.9 cm³/mol. The fourth-order valence-electron chi connectivity index (χ4n) is 1.70. The first-order valence-corrected chi connectivity index (χ1v) is 6.02. The summed E-state index contributed by atoms with van der Waals surface area (Å²) in [5.74, 6) is 1.18. The lowest BCUT2D eigenvalue weighted by Gasteiger charge is -2.25. The summed E-state index contributed by atoms with van der Waals surface area (Å²) in [7, 11) is 1.58. The van der Waals surface area contributed by atoms with Crippen molar-refractivity contribution >= 4 is 12.0 Å². The Hall–Kier alpha value is -2.55. The van der Waals surface area contributed by atoms with Gasteiger partial charge in [0.05, 0.1) is 18.8 Å². The number of rotatable bonds is 5. The summed E-state index contributed by atoms with van der Waals surface area (Å²) in [5.41, 5.74) is 1.59. The number of aromatic nitrogens is 1. The zero-order chi connectivity index (χ0) is 15.1. The second kappa shape index (κ2) is 7.14. The first kappa shape index (κ1) is 15.5. The summed E-state index contributed by atoms with van der Waals surface area (Å²) in [4.78, 5) is 29.6. The van der Waals surface area contributed by atoms with Crippen molar-refractivity contribution in [2.75, 3.05) is 20.1 Å². The van der Waals surface area contributed by atoms with E-state index in [1.807, 2.05) is 19.1 Å². The summed E-state index contributed by atoms with van der Waals surface area (Å²) in [5, 5.41) is 8.77. The van der Waals surface area contributed by atoms with Crippen LogP contribution >= 0.6 is 0 Å². The minimum Gasteiger partial charge on any atom is -0.480 e. The number of carboxylic acid groups (broad SMARTS) is 1. The van der Waals surface area contributed by atoms with E-state index in [2.05, 4.69) is 10.9 Å². The smallest absolute Gasteiger partial charge is 0.323 e. The summed E-state index contributed by atoms with van der Waals surface area (Å²) in [6.07, 6.45) is 5.15. The normalized spacial score (nSPS) is 9.65. The van der Waals surface area contributed by atoms with E-state index in [4.69, 9.17) is 11.5 Å². The van der Waals surface area contributed by atoms with Gasteiger partial charge >= 0.3 is 12.0 Å². The Balaban J connectivity index is 2.73. The summed E-state index contributed by atoms with van der Waals surface area (Å²) >= 11 is 0. The number of hydrogen-bond acceptors (Lipinski definition) is 3. The molecule has 1 aromatic rings. The van der Waals surface area contributed by atoms with E-state index in [9.17, 15) is 9.59 Å². The zero-order valence-corrected chi connectivity index (χ0v) is 11.5. The van der Waals surface area contributed by atoms with Crippen molar-refractivity contribution in [1.29, 1.82) is 0 Å². The molecular weight excluding hydrogens is 258 g/mol. The maximum Gasteiger partial charge on any atom is 0.323 e. The van der Waals surface area contributed by atoms with Crippen molar-refractivity contribution in [3.8, 4) is 12.3 Å². The predicted octanol–water partition coefficient (Wildman–Crippen LogP) is 0.962. The lowest BCUT2D eigenvalue weighted by atomic mass is 10.3. The van der Waals surface area contributed by atoms with E-state index in [1.54, 1.807) is 13.1 Å². The first-order chi connectivity index (χ1) is 9.43. The van der Waals surface area contributed by atoms with E-state index < -0.39 is 18.5 Å². The van der Waals surface area contributed by atoms with E-state index in [1.165, 1.54) is 4.90 Å². The Bertz CT molecular complexity index is 537. The Morgan fingerprint density at radius 3 is 2.70 bits per heavy atom. The molecule has 0 saturated carbocycles. The number of amides is 2. The van der Waals surface area contributed by atoms with Crippen LogP contribution in [0.2, 0.25) is 0 Å². The molecule has 0 aliphatic carbocycles. The van der Waals surface area contributed by atoms with Crippen LogP contribution in [-0.4, -0.2) is 52.0 Å². The molecule has 1 rings (SSSR count). The lowest BCUT2D eigenvalue weighted by molar-refractivity contribution is -0.137. The molecule has 6 heteroatoms. The number of aryl methyl sites for hydroxylation is 1. The first-order valence-electron chi connectivity index (χ1n) is 6.02. The largest absolute Gasteiger partial charge is 0.480 e. The molecule has 0 aliphatic rings. The fourth-order valence-corrected chi connectivity index (χ4v) is 1.70. The number of pyridine rings is 1. The van der Waals surface area contributed by atoms with E-state index in [0.29, 0.717) is 6.54 Å². The minimum absolute atomic E-state index is 0.0449. The van der Waals surface area contributed by atoms with Gasteiger partial charge in [0.25, 0.3) is 0 Å². The van der Waals surface area contributed by atoms with Gasteiger partial charge in [-0.05, 0) is 19.1 Å². The molecule has 20 heavy (non-hydrogen) atoms. The summed E-state index contributed by atoms with van der Waals surface area (Å²) in [6.45, 7) is 1.69.